The van der Waals surface area contributed by atoms with Gasteiger partial charge in [0.25, 0.3) is 0 Å². The zero-order valence-electron chi connectivity index (χ0n) is 10.3. The van der Waals surface area contributed by atoms with Crippen molar-refractivity contribution in [3.63, 3.8) is 0 Å². The lowest BCUT2D eigenvalue weighted by molar-refractivity contribution is 0.217. The van der Waals surface area contributed by atoms with Crippen LogP contribution in [-0.2, 0) is 6.54 Å². The summed E-state index contributed by atoms with van der Waals surface area (Å²) in [7, 11) is 0. The van der Waals surface area contributed by atoms with Crippen molar-refractivity contribution in [2.45, 2.75) is 32.9 Å². The molecule has 17 heavy (non-hydrogen) atoms. The molecule has 0 aliphatic heterocycles. The average molecular weight is 227 g/mol. The second-order valence-corrected chi connectivity index (χ2v) is 4.24. The molecule has 0 aliphatic carbocycles. The third-order valence-electron chi connectivity index (χ3n) is 2.75. The Balaban J connectivity index is 2.80. The second kappa shape index (κ2) is 6.68. The Morgan fingerprint density at radius 3 is 2.53 bits per heavy atom. The van der Waals surface area contributed by atoms with Gasteiger partial charge in [-0.15, -0.1) is 0 Å². The molecule has 0 aromatic heterocycles. The second-order valence-electron chi connectivity index (χ2n) is 4.24. The van der Waals surface area contributed by atoms with Gasteiger partial charge in [0.15, 0.2) is 0 Å². The minimum atomic E-state index is 0.370. The first-order valence-corrected chi connectivity index (χ1v) is 5.78. The van der Waals surface area contributed by atoms with Crippen molar-refractivity contribution in [1.82, 2.24) is 4.90 Å². The molecule has 0 saturated carbocycles. The highest BCUT2D eigenvalue weighted by Crippen LogP contribution is 2.13. The molecule has 0 aliphatic rings. The van der Waals surface area contributed by atoms with Gasteiger partial charge in [-0.3, -0.25) is 4.90 Å². The van der Waals surface area contributed by atoms with Gasteiger partial charge in [-0.05, 0) is 25.5 Å². The molecule has 1 aromatic carbocycles. The molecule has 0 N–H and O–H groups in total. The van der Waals surface area contributed by atoms with Crippen molar-refractivity contribution in [2.24, 2.45) is 0 Å². The van der Waals surface area contributed by atoms with Crippen molar-refractivity contribution < 1.29 is 0 Å². The lowest BCUT2D eigenvalue weighted by Crippen LogP contribution is -2.31. The number of hydrogen-bond donors (Lipinski definition) is 0. The minimum Gasteiger partial charge on any atom is -0.296 e. The predicted octanol–water partition coefficient (Wildman–Crippen LogP) is 2.68. The average Bonchev–Trinajstić information content (AvgIpc) is 2.34. The maximum Gasteiger partial charge on any atom is 0.0995 e. The standard InChI is InChI=1S/C14H17N3/c1-12(2)17(9-5-8-15)11-14-7-4-3-6-13(14)10-16/h3-4,6-7,12H,5,9,11H2,1-2H3. The minimum absolute atomic E-state index is 0.370. The van der Waals surface area contributed by atoms with Crippen molar-refractivity contribution in [3.8, 4) is 12.1 Å². The van der Waals surface area contributed by atoms with Gasteiger partial charge < -0.3 is 0 Å². The molecule has 0 saturated heterocycles. The fourth-order valence-corrected chi connectivity index (χ4v) is 1.70. The molecule has 88 valence electrons. The van der Waals surface area contributed by atoms with Crippen LogP contribution in [0.2, 0.25) is 0 Å². The molecular weight excluding hydrogens is 210 g/mol. The van der Waals surface area contributed by atoms with Gasteiger partial charge in [-0.2, -0.15) is 10.5 Å². The molecule has 0 amide bonds. The fraction of sp³-hybridized carbons (Fsp3) is 0.429. The highest BCUT2D eigenvalue weighted by atomic mass is 15.1. The summed E-state index contributed by atoms with van der Waals surface area (Å²) < 4.78 is 0. The largest absolute Gasteiger partial charge is 0.296 e. The van der Waals surface area contributed by atoms with Gasteiger partial charge in [-0.1, -0.05) is 18.2 Å². The molecule has 0 radical (unpaired) electrons. The molecule has 3 heteroatoms. The van der Waals surface area contributed by atoms with Crippen LogP contribution < -0.4 is 0 Å². The number of hydrogen-bond acceptors (Lipinski definition) is 3. The third kappa shape index (κ3) is 3.90. The van der Waals surface area contributed by atoms with E-state index in [2.05, 4.69) is 30.9 Å². The summed E-state index contributed by atoms with van der Waals surface area (Å²) in [5.41, 5.74) is 1.75. The quantitative estimate of drug-likeness (QED) is 0.777. The molecule has 0 spiro atoms. The van der Waals surface area contributed by atoms with Crippen molar-refractivity contribution >= 4 is 0 Å². The Bertz CT molecular complexity index is 438. The number of benzene rings is 1. The molecular formula is C14H17N3. The predicted molar refractivity (Wildman–Crippen MR) is 66.9 cm³/mol. The van der Waals surface area contributed by atoms with Crippen molar-refractivity contribution in [2.75, 3.05) is 6.54 Å². The van der Waals surface area contributed by atoms with Gasteiger partial charge in [0.05, 0.1) is 17.7 Å². The molecule has 0 bridgehead atoms. The van der Waals surface area contributed by atoms with Crippen LogP contribution in [0, 0.1) is 22.7 Å². The van der Waals surface area contributed by atoms with Crippen LogP contribution >= 0.6 is 0 Å². The summed E-state index contributed by atoms with van der Waals surface area (Å²) >= 11 is 0. The van der Waals surface area contributed by atoms with E-state index in [4.69, 9.17) is 10.5 Å². The lowest BCUT2D eigenvalue weighted by atomic mass is 10.1. The monoisotopic (exact) mass is 227 g/mol. The van der Waals surface area contributed by atoms with Crippen LogP contribution in [-0.4, -0.2) is 17.5 Å². The Labute approximate surface area is 103 Å². The van der Waals surface area contributed by atoms with Crippen LogP contribution in [0.1, 0.15) is 31.4 Å². The van der Waals surface area contributed by atoms with Gasteiger partial charge in [0.1, 0.15) is 0 Å². The Morgan fingerprint density at radius 1 is 1.24 bits per heavy atom. The number of rotatable bonds is 5. The van der Waals surface area contributed by atoms with Crippen LogP contribution in [0.5, 0.6) is 0 Å². The van der Waals surface area contributed by atoms with E-state index in [1.807, 2.05) is 24.3 Å². The van der Waals surface area contributed by atoms with Crippen LogP contribution in [0.15, 0.2) is 24.3 Å². The summed E-state index contributed by atoms with van der Waals surface area (Å²) in [4.78, 5) is 2.21. The zero-order valence-corrected chi connectivity index (χ0v) is 10.3. The number of nitriles is 2. The molecule has 1 rings (SSSR count). The lowest BCUT2D eigenvalue weighted by Gasteiger charge is -2.25. The van der Waals surface area contributed by atoms with E-state index in [1.54, 1.807) is 0 Å². The van der Waals surface area contributed by atoms with Crippen molar-refractivity contribution in [1.29, 1.82) is 10.5 Å². The maximum atomic E-state index is 9.03. The summed E-state index contributed by atoms with van der Waals surface area (Å²) in [6, 6.07) is 12.4. The summed E-state index contributed by atoms with van der Waals surface area (Å²) in [6.45, 7) is 5.68. The van der Waals surface area contributed by atoms with Crippen LogP contribution in [0.4, 0.5) is 0 Å². The first-order valence-electron chi connectivity index (χ1n) is 5.78. The van der Waals surface area contributed by atoms with Crippen LogP contribution in [0.3, 0.4) is 0 Å². The normalized spacial score (nSPS) is 10.2. The van der Waals surface area contributed by atoms with E-state index in [0.717, 1.165) is 24.2 Å². The van der Waals surface area contributed by atoms with Gasteiger partial charge in [-0.25, -0.2) is 0 Å². The van der Waals surface area contributed by atoms with E-state index >= 15 is 0 Å². The highest BCUT2D eigenvalue weighted by Gasteiger charge is 2.11. The molecule has 1 aromatic rings. The first kappa shape index (κ1) is 13.2. The topological polar surface area (TPSA) is 50.8 Å². The Hall–Kier alpha value is -1.84. The first-order chi connectivity index (χ1) is 8.19. The SMILES string of the molecule is CC(C)N(CCC#N)Cc1ccccc1C#N. The van der Waals surface area contributed by atoms with Gasteiger partial charge in [0.2, 0.25) is 0 Å². The molecule has 0 fully saturated rings. The Kier molecular flexibility index (Phi) is 5.20. The zero-order chi connectivity index (χ0) is 12.7. The van der Waals surface area contributed by atoms with E-state index < -0.39 is 0 Å². The van der Waals surface area contributed by atoms with Crippen molar-refractivity contribution in [3.05, 3.63) is 35.4 Å². The van der Waals surface area contributed by atoms with E-state index in [1.165, 1.54) is 0 Å². The van der Waals surface area contributed by atoms with E-state index in [-0.39, 0.29) is 0 Å². The number of nitrogens with zero attached hydrogens (tertiary/aromatic N) is 3. The smallest absolute Gasteiger partial charge is 0.0995 e. The third-order valence-corrected chi connectivity index (χ3v) is 2.75. The van der Waals surface area contributed by atoms with Gasteiger partial charge >= 0.3 is 0 Å². The fourth-order valence-electron chi connectivity index (χ4n) is 1.70. The van der Waals surface area contributed by atoms with Gasteiger partial charge in [0, 0.05) is 25.6 Å². The van der Waals surface area contributed by atoms with Crippen LogP contribution in [0.25, 0.3) is 0 Å². The molecule has 3 nitrogen and oxygen atoms in total. The summed E-state index contributed by atoms with van der Waals surface area (Å²) in [5.74, 6) is 0. The molecule has 0 unspecified atom stereocenters. The van der Waals surface area contributed by atoms with E-state index in [0.29, 0.717) is 12.5 Å². The Morgan fingerprint density at radius 2 is 1.94 bits per heavy atom. The maximum absolute atomic E-state index is 9.03. The molecule has 0 atom stereocenters. The summed E-state index contributed by atoms with van der Waals surface area (Å²) in [6.07, 6.45) is 0.521. The summed E-state index contributed by atoms with van der Waals surface area (Å²) in [5, 5.41) is 17.7. The van der Waals surface area contributed by atoms with E-state index in [9.17, 15) is 0 Å². The highest BCUT2D eigenvalue weighted by molar-refractivity contribution is 5.37. The molecule has 0 heterocycles.